The molecule has 104 valence electrons. The number of hydrogen-bond acceptors (Lipinski definition) is 4. The minimum atomic E-state index is -0.545. The molecule has 0 aliphatic heterocycles. The fourth-order valence-corrected chi connectivity index (χ4v) is 2.34. The van der Waals surface area contributed by atoms with E-state index < -0.39 is 5.91 Å². The topological polar surface area (TPSA) is 94.9 Å². The van der Waals surface area contributed by atoms with Crippen molar-refractivity contribution in [2.75, 3.05) is 5.73 Å². The second-order valence-corrected chi connectivity index (χ2v) is 4.85. The van der Waals surface area contributed by atoms with Crippen molar-refractivity contribution in [3.8, 4) is 0 Å². The number of benzene rings is 1. The van der Waals surface area contributed by atoms with Crippen molar-refractivity contribution >= 4 is 23.5 Å². The number of carbonyl (C=O) groups is 1. The van der Waals surface area contributed by atoms with E-state index in [-0.39, 0.29) is 5.95 Å². The normalized spacial score (nSPS) is 10.5. The Morgan fingerprint density at radius 3 is 2.60 bits per heavy atom. The maximum Gasteiger partial charge on any atom is 0.252 e. The van der Waals surface area contributed by atoms with Gasteiger partial charge in [-0.05, 0) is 31.4 Å². The average Bonchev–Trinajstić information content (AvgIpc) is 2.36. The van der Waals surface area contributed by atoms with Crippen LogP contribution in [0.4, 0.5) is 5.95 Å². The molecule has 0 saturated heterocycles. The zero-order valence-electron chi connectivity index (χ0n) is 11.1. The number of aryl methyl sites for hydroxylation is 3. The number of nitrogen functional groups attached to an aromatic ring is 1. The Morgan fingerprint density at radius 2 is 1.95 bits per heavy atom. The van der Waals surface area contributed by atoms with E-state index in [4.69, 9.17) is 23.1 Å². The summed E-state index contributed by atoms with van der Waals surface area (Å²) in [7, 11) is 0. The molecule has 0 radical (unpaired) electrons. The quantitative estimate of drug-likeness (QED) is 0.899. The Balaban J connectivity index is 2.30. The largest absolute Gasteiger partial charge is 0.368 e. The van der Waals surface area contributed by atoms with Gasteiger partial charge in [-0.3, -0.25) is 4.79 Å². The summed E-state index contributed by atoms with van der Waals surface area (Å²) in [6.07, 6.45) is 1.17. The molecule has 0 fully saturated rings. The van der Waals surface area contributed by atoms with Crippen molar-refractivity contribution < 1.29 is 4.79 Å². The van der Waals surface area contributed by atoms with Crippen molar-refractivity contribution in [1.82, 2.24) is 9.97 Å². The molecule has 1 amide bonds. The van der Waals surface area contributed by atoms with Gasteiger partial charge in [0, 0.05) is 5.02 Å². The first-order valence-electron chi connectivity index (χ1n) is 6.15. The lowest BCUT2D eigenvalue weighted by molar-refractivity contribution is 0.0998. The molecule has 0 saturated carbocycles. The first-order chi connectivity index (χ1) is 9.49. The molecule has 4 N–H and O–H groups in total. The third-order valence-electron chi connectivity index (χ3n) is 3.02. The molecule has 1 aromatic carbocycles. The molecule has 2 aromatic rings. The summed E-state index contributed by atoms with van der Waals surface area (Å²) in [5, 5.41) is 0.687. The van der Waals surface area contributed by atoms with Crippen LogP contribution in [0.1, 0.15) is 27.3 Å². The lowest BCUT2D eigenvalue weighted by Crippen LogP contribution is -2.19. The molecule has 1 heterocycles. The summed E-state index contributed by atoms with van der Waals surface area (Å²) < 4.78 is 0. The van der Waals surface area contributed by atoms with Crippen LogP contribution in [0.5, 0.6) is 0 Å². The highest BCUT2D eigenvalue weighted by Gasteiger charge is 2.15. The highest BCUT2D eigenvalue weighted by atomic mass is 35.5. The number of halogens is 1. The van der Waals surface area contributed by atoms with Gasteiger partial charge in [0.25, 0.3) is 5.91 Å². The van der Waals surface area contributed by atoms with Gasteiger partial charge in [-0.1, -0.05) is 29.8 Å². The number of primary amides is 1. The monoisotopic (exact) mass is 290 g/mol. The summed E-state index contributed by atoms with van der Waals surface area (Å²) in [6.45, 7) is 1.69. The molecule has 0 spiro atoms. The first kappa shape index (κ1) is 14.3. The number of rotatable bonds is 4. The maximum atomic E-state index is 11.5. The zero-order chi connectivity index (χ0) is 14.7. The van der Waals surface area contributed by atoms with Crippen molar-refractivity contribution in [3.63, 3.8) is 0 Å². The third-order valence-corrected chi connectivity index (χ3v) is 3.39. The SMILES string of the molecule is Cc1nc(N)nc(CCc2ccccc2Cl)c1C(N)=O. The van der Waals surface area contributed by atoms with Gasteiger partial charge < -0.3 is 11.5 Å². The molecule has 5 nitrogen and oxygen atoms in total. The molecule has 1 aromatic heterocycles. The van der Waals surface area contributed by atoms with E-state index in [0.717, 1.165) is 5.56 Å². The molecule has 0 aliphatic carbocycles. The van der Waals surface area contributed by atoms with Gasteiger partial charge in [0.2, 0.25) is 5.95 Å². The van der Waals surface area contributed by atoms with Gasteiger partial charge >= 0.3 is 0 Å². The third kappa shape index (κ3) is 3.05. The first-order valence-corrected chi connectivity index (χ1v) is 6.53. The van der Waals surface area contributed by atoms with Gasteiger partial charge in [-0.2, -0.15) is 0 Å². The summed E-state index contributed by atoms with van der Waals surface area (Å²) in [4.78, 5) is 19.6. The number of carbonyl (C=O) groups excluding carboxylic acids is 1. The van der Waals surface area contributed by atoms with E-state index in [9.17, 15) is 4.79 Å². The smallest absolute Gasteiger partial charge is 0.252 e. The summed E-state index contributed by atoms with van der Waals surface area (Å²) >= 11 is 6.11. The number of anilines is 1. The second kappa shape index (κ2) is 5.88. The van der Waals surface area contributed by atoms with Crippen LogP contribution >= 0.6 is 11.6 Å². The predicted octanol–water partition coefficient (Wildman–Crippen LogP) is 1.90. The second-order valence-electron chi connectivity index (χ2n) is 4.44. The molecule has 0 atom stereocenters. The van der Waals surface area contributed by atoms with Crippen LogP contribution in [-0.4, -0.2) is 15.9 Å². The zero-order valence-corrected chi connectivity index (χ0v) is 11.8. The van der Waals surface area contributed by atoms with E-state index in [1.807, 2.05) is 24.3 Å². The van der Waals surface area contributed by atoms with Crippen molar-refractivity contribution in [2.24, 2.45) is 5.73 Å². The molecular weight excluding hydrogens is 276 g/mol. The van der Waals surface area contributed by atoms with E-state index in [1.165, 1.54) is 0 Å². The highest BCUT2D eigenvalue weighted by Crippen LogP contribution is 2.19. The van der Waals surface area contributed by atoms with Crippen LogP contribution < -0.4 is 11.5 Å². The van der Waals surface area contributed by atoms with Crippen LogP contribution in [0.15, 0.2) is 24.3 Å². The highest BCUT2D eigenvalue weighted by molar-refractivity contribution is 6.31. The van der Waals surface area contributed by atoms with Crippen LogP contribution in [0.3, 0.4) is 0 Å². The number of nitrogens with zero attached hydrogens (tertiary/aromatic N) is 2. The van der Waals surface area contributed by atoms with Gasteiger partial charge in [0.15, 0.2) is 0 Å². The molecule has 2 rings (SSSR count). The molecule has 0 aliphatic rings. The van der Waals surface area contributed by atoms with E-state index in [2.05, 4.69) is 9.97 Å². The molecule has 0 unspecified atom stereocenters. The Labute approximate surface area is 122 Å². The molecular formula is C14H15ClN4O. The Kier molecular flexibility index (Phi) is 4.20. The number of nitrogens with two attached hydrogens (primary N) is 2. The minimum Gasteiger partial charge on any atom is -0.368 e. The number of amides is 1. The van der Waals surface area contributed by atoms with E-state index in [1.54, 1.807) is 6.92 Å². The van der Waals surface area contributed by atoms with Gasteiger partial charge in [-0.15, -0.1) is 0 Å². The Hall–Kier alpha value is -2.14. The minimum absolute atomic E-state index is 0.140. The number of hydrogen-bond donors (Lipinski definition) is 2. The van der Waals surface area contributed by atoms with E-state index in [0.29, 0.717) is 34.8 Å². The van der Waals surface area contributed by atoms with Crippen molar-refractivity contribution in [1.29, 1.82) is 0 Å². The summed E-state index contributed by atoms with van der Waals surface area (Å²) in [5.74, 6) is -0.404. The van der Waals surface area contributed by atoms with Crippen LogP contribution in [0, 0.1) is 6.92 Å². The summed E-state index contributed by atoms with van der Waals surface area (Å²) in [5.41, 5.74) is 13.4. The van der Waals surface area contributed by atoms with Crippen LogP contribution in [0.2, 0.25) is 5.02 Å². The molecule has 6 heteroatoms. The van der Waals surface area contributed by atoms with Crippen LogP contribution in [0.25, 0.3) is 0 Å². The molecule has 0 bridgehead atoms. The lowest BCUT2D eigenvalue weighted by Gasteiger charge is -2.10. The summed E-state index contributed by atoms with van der Waals surface area (Å²) in [6, 6.07) is 7.54. The maximum absolute atomic E-state index is 11.5. The fraction of sp³-hybridized carbons (Fsp3) is 0.214. The van der Waals surface area contributed by atoms with Crippen molar-refractivity contribution in [2.45, 2.75) is 19.8 Å². The number of aromatic nitrogens is 2. The van der Waals surface area contributed by atoms with Gasteiger partial charge in [0.1, 0.15) is 0 Å². The van der Waals surface area contributed by atoms with Crippen LogP contribution in [-0.2, 0) is 12.8 Å². The van der Waals surface area contributed by atoms with Gasteiger partial charge in [0.05, 0.1) is 17.0 Å². The average molecular weight is 291 g/mol. The fourth-order valence-electron chi connectivity index (χ4n) is 2.11. The lowest BCUT2D eigenvalue weighted by atomic mass is 10.0. The Morgan fingerprint density at radius 1 is 1.25 bits per heavy atom. The van der Waals surface area contributed by atoms with Crippen molar-refractivity contribution in [3.05, 3.63) is 51.8 Å². The van der Waals surface area contributed by atoms with E-state index >= 15 is 0 Å². The predicted molar refractivity (Wildman–Crippen MR) is 78.6 cm³/mol. The molecule has 20 heavy (non-hydrogen) atoms. The van der Waals surface area contributed by atoms with Gasteiger partial charge in [-0.25, -0.2) is 9.97 Å². The Bertz CT molecular complexity index is 658. The standard InChI is InChI=1S/C14H15ClN4O/c1-8-12(13(16)20)11(19-14(17)18-8)7-6-9-4-2-3-5-10(9)15/h2-5H,6-7H2,1H3,(H2,16,20)(H2,17,18,19).